The lowest BCUT2D eigenvalue weighted by Crippen LogP contribution is -2.25. The van der Waals surface area contributed by atoms with Gasteiger partial charge in [-0.15, -0.1) is 0 Å². The number of rotatable bonds is 1. The molecule has 3 nitrogen and oxygen atoms in total. The first-order valence-electron chi connectivity index (χ1n) is 5.48. The number of nitrogens with one attached hydrogen (secondary N) is 1. The normalized spacial score (nSPS) is 18.7. The lowest BCUT2D eigenvalue weighted by atomic mass is 9.96. The molecule has 1 aromatic heterocycles. The van der Waals surface area contributed by atoms with Gasteiger partial charge in [0.1, 0.15) is 0 Å². The molecule has 1 saturated carbocycles. The summed E-state index contributed by atoms with van der Waals surface area (Å²) in [5, 5.41) is 3.19. The number of hydrogen-bond donors (Lipinski definition) is 1. The molecule has 1 heterocycles. The van der Waals surface area contributed by atoms with Crippen molar-refractivity contribution in [2.75, 3.05) is 0 Å². The zero-order valence-electron chi connectivity index (χ0n) is 8.97. The second-order valence-corrected chi connectivity index (χ2v) is 4.33. The molecule has 0 unspecified atom stereocenters. The van der Waals surface area contributed by atoms with Crippen molar-refractivity contribution >= 4 is 0 Å². The van der Waals surface area contributed by atoms with Crippen LogP contribution in [0.2, 0.25) is 0 Å². The lowest BCUT2D eigenvalue weighted by molar-refractivity contribution is 0.322. The summed E-state index contributed by atoms with van der Waals surface area (Å²) >= 11 is 0. The molecule has 1 fully saturated rings. The van der Waals surface area contributed by atoms with Crippen LogP contribution in [0.15, 0.2) is 4.79 Å². The highest BCUT2D eigenvalue weighted by molar-refractivity contribution is 5.13. The molecule has 1 aliphatic rings. The highest BCUT2D eigenvalue weighted by Gasteiger charge is 2.18. The van der Waals surface area contributed by atoms with Crippen LogP contribution in [-0.2, 0) is 0 Å². The first-order chi connectivity index (χ1) is 6.70. The van der Waals surface area contributed by atoms with Crippen molar-refractivity contribution < 1.29 is 0 Å². The maximum atomic E-state index is 11.8. The second kappa shape index (κ2) is 3.64. The fraction of sp³-hybridized carbons (Fsp3) is 0.727. The molecule has 78 valence electrons. The molecule has 0 radical (unpaired) electrons. The number of aromatic nitrogens is 2. The summed E-state index contributed by atoms with van der Waals surface area (Å²) in [6.07, 6.45) is 6.14. The van der Waals surface area contributed by atoms with Crippen LogP contribution in [0.1, 0.15) is 49.4 Å². The van der Waals surface area contributed by atoms with Gasteiger partial charge in [0.15, 0.2) is 0 Å². The van der Waals surface area contributed by atoms with Crippen LogP contribution in [-0.4, -0.2) is 9.78 Å². The van der Waals surface area contributed by atoms with Crippen molar-refractivity contribution in [3.05, 3.63) is 21.6 Å². The van der Waals surface area contributed by atoms with E-state index in [4.69, 9.17) is 0 Å². The van der Waals surface area contributed by atoms with Gasteiger partial charge < -0.3 is 0 Å². The summed E-state index contributed by atoms with van der Waals surface area (Å²) in [7, 11) is 0. The number of aromatic amines is 1. The molecule has 0 aliphatic heterocycles. The minimum absolute atomic E-state index is 0.175. The van der Waals surface area contributed by atoms with Gasteiger partial charge in [-0.25, -0.2) is 4.68 Å². The molecule has 0 aromatic carbocycles. The van der Waals surface area contributed by atoms with Crippen molar-refractivity contribution in [1.82, 2.24) is 9.78 Å². The van der Waals surface area contributed by atoms with Gasteiger partial charge in [-0.05, 0) is 26.7 Å². The van der Waals surface area contributed by atoms with Gasteiger partial charge in [-0.3, -0.25) is 9.89 Å². The Balaban J connectivity index is 2.31. The Bertz CT molecular complexity index is 369. The SMILES string of the molecule is Cc1[nH]n(C2CCCCC2)c(=O)c1C. The van der Waals surface area contributed by atoms with Gasteiger partial charge in [-0.1, -0.05) is 19.3 Å². The third-order valence-electron chi connectivity index (χ3n) is 3.33. The predicted octanol–water partition coefficient (Wildman–Crippen LogP) is 2.30. The molecular formula is C11H18N2O. The largest absolute Gasteiger partial charge is 0.299 e. The number of nitrogens with zero attached hydrogens (tertiary/aromatic N) is 1. The van der Waals surface area contributed by atoms with E-state index in [1.54, 1.807) is 0 Å². The minimum Gasteiger partial charge on any atom is -0.299 e. The van der Waals surface area contributed by atoms with Crippen LogP contribution < -0.4 is 5.56 Å². The maximum absolute atomic E-state index is 11.8. The first kappa shape index (κ1) is 9.56. The van der Waals surface area contributed by atoms with Crippen LogP contribution in [0.25, 0.3) is 0 Å². The summed E-state index contributed by atoms with van der Waals surface area (Å²) in [5.74, 6) is 0. The number of H-pyrrole nitrogens is 1. The average Bonchev–Trinajstić information content (AvgIpc) is 2.47. The lowest BCUT2D eigenvalue weighted by Gasteiger charge is -2.21. The number of hydrogen-bond acceptors (Lipinski definition) is 1. The van der Waals surface area contributed by atoms with Gasteiger partial charge in [-0.2, -0.15) is 0 Å². The molecule has 0 spiro atoms. The van der Waals surface area contributed by atoms with E-state index in [9.17, 15) is 4.79 Å². The van der Waals surface area contributed by atoms with Gasteiger partial charge in [0.2, 0.25) is 0 Å². The molecule has 1 aliphatic carbocycles. The first-order valence-corrected chi connectivity index (χ1v) is 5.48. The summed E-state index contributed by atoms with van der Waals surface area (Å²) in [5.41, 5.74) is 2.06. The van der Waals surface area contributed by atoms with E-state index in [2.05, 4.69) is 5.10 Å². The predicted molar refractivity (Wildman–Crippen MR) is 56.6 cm³/mol. The van der Waals surface area contributed by atoms with Crippen LogP contribution in [0.5, 0.6) is 0 Å². The summed E-state index contributed by atoms with van der Waals surface area (Å²) < 4.78 is 1.84. The summed E-state index contributed by atoms with van der Waals surface area (Å²) in [6.45, 7) is 3.86. The Kier molecular flexibility index (Phi) is 2.48. The van der Waals surface area contributed by atoms with Gasteiger partial charge in [0.25, 0.3) is 5.56 Å². The average molecular weight is 194 g/mol. The Hall–Kier alpha value is -0.990. The molecule has 0 bridgehead atoms. The topological polar surface area (TPSA) is 37.8 Å². The Labute approximate surface area is 84.1 Å². The molecular weight excluding hydrogens is 176 g/mol. The van der Waals surface area contributed by atoms with E-state index in [1.165, 1.54) is 19.3 Å². The Morgan fingerprint density at radius 2 is 1.86 bits per heavy atom. The smallest absolute Gasteiger partial charge is 0.269 e. The molecule has 1 aromatic rings. The fourth-order valence-electron chi connectivity index (χ4n) is 2.25. The van der Waals surface area contributed by atoms with E-state index in [0.717, 1.165) is 24.1 Å². The van der Waals surface area contributed by atoms with E-state index in [0.29, 0.717) is 6.04 Å². The zero-order chi connectivity index (χ0) is 10.1. The number of aryl methyl sites for hydroxylation is 1. The van der Waals surface area contributed by atoms with Crippen molar-refractivity contribution in [1.29, 1.82) is 0 Å². The molecule has 0 saturated heterocycles. The van der Waals surface area contributed by atoms with E-state index < -0.39 is 0 Å². The van der Waals surface area contributed by atoms with E-state index in [-0.39, 0.29) is 5.56 Å². The fourth-order valence-corrected chi connectivity index (χ4v) is 2.25. The van der Waals surface area contributed by atoms with Crippen molar-refractivity contribution in [3.63, 3.8) is 0 Å². The Morgan fingerprint density at radius 1 is 1.21 bits per heavy atom. The second-order valence-electron chi connectivity index (χ2n) is 4.33. The zero-order valence-corrected chi connectivity index (χ0v) is 8.97. The van der Waals surface area contributed by atoms with Crippen molar-refractivity contribution in [2.24, 2.45) is 0 Å². The maximum Gasteiger partial charge on any atom is 0.269 e. The monoisotopic (exact) mass is 194 g/mol. The van der Waals surface area contributed by atoms with Crippen LogP contribution in [0, 0.1) is 13.8 Å². The van der Waals surface area contributed by atoms with Crippen LogP contribution in [0.3, 0.4) is 0 Å². The van der Waals surface area contributed by atoms with E-state index >= 15 is 0 Å². The molecule has 0 amide bonds. The molecule has 0 atom stereocenters. The highest BCUT2D eigenvalue weighted by Crippen LogP contribution is 2.26. The standard InChI is InChI=1S/C11H18N2O/c1-8-9(2)12-13(11(8)14)10-6-4-3-5-7-10/h10,12H,3-7H2,1-2H3. The Morgan fingerprint density at radius 3 is 2.36 bits per heavy atom. The van der Waals surface area contributed by atoms with Gasteiger partial charge >= 0.3 is 0 Å². The van der Waals surface area contributed by atoms with Gasteiger partial charge in [0.05, 0.1) is 6.04 Å². The molecule has 2 rings (SSSR count). The van der Waals surface area contributed by atoms with Crippen LogP contribution >= 0.6 is 0 Å². The third-order valence-corrected chi connectivity index (χ3v) is 3.33. The van der Waals surface area contributed by atoms with E-state index in [1.807, 2.05) is 18.5 Å². The van der Waals surface area contributed by atoms with Crippen molar-refractivity contribution in [2.45, 2.75) is 52.0 Å². The van der Waals surface area contributed by atoms with Crippen LogP contribution in [0.4, 0.5) is 0 Å². The summed E-state index contributed by atoms with van der Waals surface area (Å²) in [4.78, 5) is 11.8. The molecule has 14 heavy (non-hydrogen) atoms. The van der Waals surface area contributed by atoms with Gasteiger partial charge in [0, 0.05) is 11.3 Å². The quantitative estimate of drug-likeness (QED) is 0.731. The van der Waals surface area contributed by atoms with Crippen molar-refractivity contribution in [3.8, 4) is 0 Å². The summed E-state index contributed by atoms with van der Waals surface area (Å²) in [6, 6.07) is 0.420. The highest BCUT2D eigenvalue weighted by atomic mass is 16.1. The molecule has 3 heteroatoms. The third kappa shape index (κ3) is 1.51. The molecule has 1 N–H and O–H groups in total. The minimum atomic E-state index is 0.175.